The van der Waals surface area contributed by atoms with E-state index in [1.54, 1.807) is 11.6 Å². The Labute approximate surface area is 113 Å². The van der Waals surface area contributed by atoms with E-state index >= 15 is 0 Å². The molecule has 1 aliphatic carbocycles. The largest absolute Gasteiger partial charge is 0.365 e. The highest BCUT2D eigenvalue weighted by molar-refractivity contribution is 5.98. The number of hydrogen-bond donors (Lipinski definition) is 3. The summed E-state index contributed by atoms with van der Waals surface area (Å²) in [6.07, 6.45) is 4.90. The molecule has 19 heavy (non-hydrogen) atoms. The number of nitrogens with one attached hydrogen (secondary N) is 1. The molecule has 5 N–H and O–H groups in total. The second-order valence-corrected chi connectivity index (χ2v) is 5.33. The Morgan fingerprint density at radius 1 is 1.53 bits per heavy atom. The van der Waals surface area contributed by atoms with Gasteiger partial charge in [0.05, 0.1) is 5.69 Å². The fourth-order valence-electron chi connectivity index (χ4n) is 3.02. The van der Waals surface area contributed by atoms with Crippen LogP contribution in [0.4, 0.5) is 5.82 Å². The highest BCUT2D eigenvalue weighted by Gasteiger charge is 2.27. The molecular formula is C13H23N5O. The van der Waals surface area contributed by atoms with Crippen LogP contribution in [0.25, 0.3) is 0 Å². The van der Waals surface area contributed by atoms with E-state index in [0.717, 1.165) is 0 Å². The van der Waals surface area contributed by atoms with Crippen LogP contribution in [0.5, 0.6) is 0 Å². The summed E-state index contributed by atoms with van der Waals surface area (Å²) in [7, 11) is 1.81. The van der Waals surface area contributed by atoms with Crippen LogP contribution in [-0.4, -0.2) is 28.3 Å². The molecule has 1 aliphatic rings. The van der Waals surface area contributed by atoms with Gasteiger partial charge in [-0.2, -0.15) is 5.10 Å². The van der Waals surface area contributed by atoms with Gasteiger partial charge in [-0.15, -0.1) is 0 Å². The average molecular weight is 265 g/mol. The second-order valence-electron chi connectivity index (χ2n) is 5.33. The number of carbonyl (C=O) groups is 1. The zero-order valence-corrected chi connectivity index (χ0v) is 11.6. The summed E-state index contributed by atoms with van der Waals surface area (Å²) in [6, 6.07) is 0.176. The highest BCUT2D eigenvalue weighted by Crippen LogP contribution is 2.30. The number of amides is 1. The molecule has 0 aliphatic heterocycles. The van der Waals surface area contributed by atoms with Gasteiger partial charge in [-0.05, 0) is 25.7 Å². The summed E-state index contributed by atoms with van der Waals surface area (Å²) in [5, 5.41) is 7.64. The van der Waals surface area contributed by atoms with Crippen LogP contribution < -0.4 is 16.8 Å². The van der Waals surface area contributed by atoms with E-state index in [4.69, 9.17) is 11.5 Å². The second kappa shape index (κ2) is 5.61. The van der Waals surface area contributed by atoms with Gasteiger partial charge in [-0.1, -0.05) is 12.8 Å². The standard InChI is InChI=1S/C13H23N5O/c1-8-11(12(15)19)13(18(2)17-8)16-10(7-14)9-5-3-4-6-9/h9-10,16H,3-7,14H2,1-2H3,(H2,15,19). The Hall–Kier alpha value is -1.56. The summed E-state index contributed by atoms with van der Waals surface area (Å²) in [6.45, 7) is 2.34. The molecule has 1 atom stereocenters. The number of aryl methyl sites for hydroxylation is 2. The third kappa shape index (κ3) is 2.73. The zero-order chi connectivity index (χ0) is 14.0. The van der Waals surface area contributed by atoms with Crippen molar-refractivity contribution in [3.8, 4) is 0 Å². The van der Waals surface area contributed by atoms with Crippen LogP contribution in [0.2, 0.25) is 0 Å². The van der Waals surface area contributed by atoms with E-state index in [1.165, 1.54) is 25.7 Å². The molecule has 0 radical (unpaired) electrons. The van der Waals surface area contributed by atoms with E-state index in [1.807, 2.05) is 7.05 Å². The van der Waals surface area contributed by atoms with Gasteiger partial charge in [0, 0.05) is 19.6 Å². The van der Waals surface area contributed by atoms with Crippen molar-refractivity contribution in [3.05, 3.63) is 11.3 Å². The summed E-state index contributed by atoms with van der Waals surface area (Å²) < 4.78 is 1.67. The lowest BCUT2D eigenvalue weighted by Gasteiger charge is -2.24. The first-order chi connectivity index (χ1) is 9.04. The van der Waals surface area contributed by atoms with E-state index < -0.39 is 5.91 Å². The molecule has 106 valence electrons. The first-order valence-electron chi connectivity index (χ1n) is 6.84. The van der Waals surface area contributed by atoms with Gasteiger partial charge in [0.15, 0.2) is 0 Å². The van der Waals surface area contributed by atoms with Gasteiger partial charge >= 0.3 is 0 Å². The minimum Gasteiger partial charge on any atom is -0.365 e. The summed E-state index contributed by atoms with van der Waals surface area (Å²) in [5.41, 5.74) is 12.4. The smallest absolute Gasteiger partial charge is 0.254 e. The Morgan fingerprint density at radius 2 is 2.16 bits per heavy atom. The zero-order valence-electron chi connectivity index (χ0n) is 11.6. The number of primary amides is 1. The predicted octanol–water partition coefficient (Wildman–Crippen LogP) is 0.757. The third-order valence-electron chi connectivity index (χ3n) is 4.01. The molecule has 1 unspecified atom stereocenters. The summed E-state index contributed by atoms with van der Waals surface area (Å²) in [5.74, 6) is 0.809. The predicted molar refractivity (Wildman–Crippen MR) is 74.9 cm³/mol. The van der Waals surface area contributed by atoms with Gasteiger partial charge in [-0.3, -0.25) is 9.48 Å². The van der Waals surface area contributed by atoms with Gasteiger partial charge in [0.1, 0.15) is 11.4 Å². The molecule has 6 heteroatoms. The third-order valence-corrected chi connectivity index (χ3v) is 4.01. The normalized spacial score (nSPS) is 17.6. The fourth-order valence-corrected chi connectivity index (χ4v) is 3.02. The fraction of sp³-hybridized carbons (Fsp3) is 0.692. The lowest BCUT2D eigenvalue weighted by Crippen LogP contribution is -2.36. The van der Waals surface area contributed by atoms with Crippen LogP contribution in [0.1, 0.15) is 41.7 Å². The summed E-state index contributed by atoms with van der Waals surface area (Å²) >= 11 is 0. The van der Waals surface area contributed by atoms with Crippen molar-refractivity contribution in [3.63, 3.8) is 0 Å². The molecule has 1 aromatic heterocycles. The molecule has 1 amide bonds. The maximum Gasteiger partial charge on any atom is 0.254 e. The topological polar surface area (TPSA) is 99.0 Å². The van der Waals surface area contributed by atoms with Crippen molar-refractivity contribution in [2.24, 2.45) is 24.4 Å². The van der Waals surface area contributed by atoms with Crippen molar-refractivity contribution >= 4 is 11.7 Å². The van der Waals surface area contributed by atoms with Crippen molar-refractivity contribution in [1.29, 1.82) is 0 Å². The van der Waals surface area contributed by atoms with Gasteiger partial charge in [0.25, 0.3) is 5.91 Å². The Bertz CT molecular complexity index is 462. The number of rotatable bonds is 5. The van der Waals surface area contributed by atoms with Crippen molar-refractivity contribution in [2.45, 2.75) is 38.6 Å². The number of hydrogen-bond acceptors (Lipinski definition) is 4. The monoisotopic (exact) mass is 265 g/mol. The SMILES string of the molecule is Cc1nn(C)c(NC(CN)C2CCCC2)c1C(N)=O. The molecule has 1 aromatic rings. The minimum atomic E-state index is -0.449. The van der Waals surface area contributed by atoms with E-state index in [0.29, 0.717) is 29.5 Å². The molecule has 1 saturated carbocycles. The highest BCUT2D eigenvalue weighted by atomic mass is 16.1. The molecule has 0 spiro atoms. The molecule has 6 nitrogen and oxygen atoms in total. The minimum absolute atomic E-state index is 0.176. The molecule has 0 saturated heterocycles. The van der Waals surface area contributed by atoms with Gasteiger partial charge < -0.3 is 16.8 Å². The van der Waals surface area contributed by atoms with Crippen LogP contribution >= 0.6 is 0 Å². The lowest BCUT2D eigenvalue weighted by molar-refractivity contribution is 0.100. The number of carbonyl (C=O) groups excluding carboxylic acids is 1. The maximum absolute atomic E-state index is 11.5. The number of nitrogens with zero attached hydrogens (tertiary/aromatic N) is 2. The number of nitrogens with two attached hydrogens (primary N) is 2. The molecule has 0 bridgehead atoms. The van der Waals surface area contributed by atoms with E-state index in [-0.39, 0.29) is 6.04 Å². The molecule has 1 heterocycles. The molecule has 1 fully saturated rings. The average Bonchev–Trinajstić information content (AvgIpc) is 2.94. The van der Waals surface area contributed by atoms with Crippen molar-refractivity contribution in [2.75, 3.05) is 11.9 Å². The first kappa shape index (κ1) is 13.9. The maximum atomic E-state index is 11.5. The molecule has 2 rings (SSSR count). The first-order valence-corrected chi connectivity index (χ1v) is 6.84. The van der Waals surface area contributed by atoms with Crippen LogP contribution in [0.3, 0.4) is 0 Å². The lowest BCUT2D eigenvalue weighted by atomic mass is 9.98. The van der Waals surface area contributed by atoms with Crippen LogP contribution in [0.15, 0.2) is 0 Å². The molecular weight excluding hydrogens is 242 g/mol. The van der Waals surface area contributed by atoms with E-state index in [2.05, 4.69) is 10.4 Å². The van der Waals surface area contributed by atoms with Crippen LogP contribution in [0, 0.1) is 12.8 Å². The van der Waals surface area contributed by atoms with Crippen molar-refractivity contribution in [1.82, 2.24) is 9.78 Å². The van der Waals surface area contributed by atoms with Crippen molar-refractivity contribution < 1.29 is 4.79 Å². The van der Waals surface area contributed by atoms with Crippen LogP contribution in [-0.2, 0) is 7.05 Å². The number of anilines is 1. The van der Waals surface area contributed by atoms with Gasteiger partial charge in [-0.25, -0.2) is 0 Å². The van der Waals surface area contributed by atoms with E-state index in [9.17, 15) is 4.79 Å². The number of aromatic nitrogens is 2. The van der Waals surface area contributed by atoms with Gasteiger partial charge in [0.2, 0.25) is 0 Å². The Balaban J connectivity index is 2.23. The summed E-state index contributed by atoms with van der Waals surface area (Å²) in [4.78, 5) is 11.5. The Morgan fingerprint density at radius 3 is 2.68 bits per heavy atom. The quantitative estimate of drug-likeness (QED) is 0.731. The molecule has 0 aromatic carbocycles. The Kier molecular flexibility index (Phi) is 4.09.